The second kappa shape index (κ2) is 4.55. The summed E-state index contributed by atoms with van der Waals surface area (Å²) in [5.74, 6) is -2.93. The van der Waals surface area contributed by atoms with Crippen molar-refractivity contribution >= 4 is 10.8 Å². The van der Waals surface area contributed by atoms with E-state index in [-0.39, 0.29) is 5.39 Å². The lowest BCUT2D eigenvalue weighted by atomic mass is 9.81. The van der Waals surface area contributed by atoms with Crippen molar-refractivity contribution < 1.29 is 13.2 Å². The van der Waals surface area contributed by atoms with Gasteiger partial charge in [0.15, 0.2) is 17.5 Å². The predicted octanol–water partition coefficient (Wildman–Crippen LogP) is 4.77. The van der Waals surface area contributed by atoms with Gasteiger partial charge in [-0.15, -0.1) is 0 Å². The number of rotatable bonds is 1. The third-order valence-corrected chi connectivity index (χ3v) is 4.20. The quantitative estimate of drug-likeness (QED) is 0.651. The van der Waals surface area contributed by atoms with Crippen LogP contribution in [0.1, 0.15) is 30.9 Å². The summed E-state index contributed by atoms with van der Waals surface area (Å²) in [6.45, 7) is 2.16. The van der Waals surface area contributed by atoms with Crippen LogP contribution < -0.4 is 0 Å². The number of hydrogen-bond acceptors (Lipinski definition) is 0. The average molecular weight is 264 g/mol. The summed E-state index contributed by atoms with van der Waals surface area (Å²) >= 11 is 0. The molecule has 1 aliphatic carbocycles. The van der Waals surface area contributed by atoms with Crippen LogP contribution in [-0.4, -0.2) is 0 Å². The Labute approximate surface area is 110 Å². The summed E-state index contributed by atoms with van der Waals surface area (Å²) < 4.78 is 40.3. The van der Waals surface area contributed by atoms with Crippen LogP contribution in [-0.2, 0) is 12.8 Å². The van der Waals surface area contributed by atoms with E-state index in [9.17, 15) is 13.2 Å². The molecule has 0 amide bonds. The molecule has 1 atom stereocenters. The molecule has 1 aliphatic rings. The lowest BCUT2D eigenvalue weighted by Crippen LogP contribution is -2.13. The summed E-state index contributed by atoms with van der Waals surface area (Å²) in [5.41, 5.74) is 2.22. The molecule has 0 radical (unpaired) electrons. The topological polar surface area (TPSA) is 0 Å². The van der Waals surface area contributed by atoms with Crippen LogP contribution >= 0.6 is 0 Å². The van der Waals surface area contributed by atoms with Crippen molar-refractivity contribution in [2.45, 2.75) is 32.6 Å². The lowest BCUT2D eigenvalue weighted by molar-refractivity contribution is 0.444. The molecular formula is C16H15F3. The van der Waals surface area contributed by atoms with Gasteiger partial charge in [0, 0.05) is 5.39 Å². The lowest BCUT2D eigenvalue weighted by Gasteiger charge is -2.24. The summed E-state index contributed by atoms with van der Waals surface area (Å²) in [7, 11) is 0. The first-order valence-corrected chi connectivity index (χ1v) is 6.69. The Kier molecular flexibility index (Phi) is 3.00. The van der Waals surface area contributed by atoms with E-state index in [0.29, 0.717) is 11.3 Å². The van der Waals surface area contributed by atoms with Gasteiger partial charge < -0.3 is 0 Å². The Balaban J connectivity index is 2.19. The highest BCUT2D eigenvalue weighted by atomic mass is 19.2. The first-order valence-electron chi connectivity index (χ1n) is 6.69. The molecule has 0 aliphatic heterocycles. The highest BCUT2D eigenvalue weighted by molar-refractivity contribution is 5.85. The molecule has 1 unspecified atom stereocenters. The number of aryl methyl sites for hydroxylation is 1. The minimum absolute atomic E-state index is 0.188. The minimum atomic E-state index is -1.38. The molecular weight excluding hydrogens is 249 g/mol. The van der Waals surface area contributed by atoms with Crippen molar-refractivity contribution in [3.05, 3.63) is 46.8 Å². The Hall–Kier alpha value is -1.51. The van der Waals surface area contributed by atoms with Gasteiger partial charge in [-0.05, 0) is 53.8 Å². The molecule has 3 rings (SSSR count). The molecule has 0 nitrogen and oxygen atoms in total. The summed E-state index contributed by atoms with van der Waals surface area (Å²) in [6.07, 6.45) is 4.04. The maximum Gasteiger partial charge on any atom is 0.195 e. The summed E-state index contributed by atoms with van der Waals surface area (Å²) in [4.78, 5) is 0. The van der Waals surface area contributed by atoms with Crippen LogP contribution in [0, 0.1) is 23.4 Å². The largest absolute Gasteiger partial charge is 0.204 e. The van der Waals surface area contributed by atoms with E-state index in [1.807, 2.05) is 6.07 Å². The fourth-order valence-corrected chi connectivity index (χ4v) is 2.98. The van der Waals surface area contributed by atoms with Crippen LogP contribution in [0.2, 0.25) is 0 Å². The zero-order valence-electron chi connectivity index (χ0n) is 10.8. The maximum atomic E-state index is 13.8. The zero-order chi connectivity index (χ0) is 13.6. The Morgan fingerprint density at radius 3 is 2.58 bits per heavy atom. The van der Waals surface area contributed by atoms with Crippen LogP contribution in [0.25, 0.3) is 10.8 Å². The van der Waals surface area contributed by atoms with Crippen molar-refractivity contribution in [1.29, 1.82) is 0 Å². The highest BCUT2D eigenvalue weighted by Gasteiger charge is 2.20. The number of hydrogen-bond donors (Lipinski definition) is 0. The molecule has 2 aromatic carbocycles. The second-order valence-electron chi connectivity index (χ2n) is 5.35. The van der Waals surface area contributed by atoms with Gasteiger partial charge in [-0.3, -0.25) is 0 Å². The normalized spacial score (nSPS) is 18.6. The Morgan fingerprint density at radius 2 is 1.84 bits per heavy atom. The number of benzene rings is 2. The molecule has 2 aromatic rings. The Bertz CT molecular complexity index is 646. The smallest absolute Gasteiger partial charge is 0.195 e. The van der Waals surface area contributed by atoms with Gasteiger partial charge in [-0.2, -0.15) is 0 Å². The minimum Gasteiger partial charge on any atom is -0.204 e. The van der Waals surface area contributed by atoms with E-state index in [4.69, 9.17) is 0 Å². The third kappa shape index (κ3) is 2.01. The SMILES string of the molecule is CCC1CCc2cc3c(F)c(F)c(F)cc3cc2C1. The van der Waals surface area contributed by atoms with E-state index in [0.717, 1.165) is 42.9 Å². The first kappa shape index (κ1) is 12.5. The molecule has 0 aromatic heterocycles. The third-order valence-electron chi connectivity index (χ3n) is 4.20. The molecule has 0 N–H and O–H groups in total. The first-order chi connectivity index (χ1) is 9.10. The highest BCUT2D eigenvalue weighted by Crippen LogP contribution is 2.32. The molecule has 19 heavy (non-hydrogen) atoms. The van der Waals surface area contributed by atoms with Gasteiger partial charge in [-0.1, -0.05) is 19.4 Å². The molecule has 3 heteroatoms. The maximum absolute atomic E-state index is 13.8. The molecule has 0 bridgehead atoms. The van der Waals surface area contributed by atoms with Crippen LogP contribution in [0.5, 0.6) is 0 Å². The summed E-state index contributed by atoms with van der Waals surface area (Å²) in [5, 5.41) is 0.638. The molecule has 0 saturated heterocycles. The zero-order valence-corrected chi connectivity index (χ0v) is 10.8. The summed E-state index contributed by atoms with van der Waals surface area (Å²) in [6, 6.07) is 4.59. The van der Waals surface area contributed by atoms with Crippen molar-refractivity contribution in [1.82, 2.24) is 0 Å². The monoisotopic (exact) mass is 264 g/mol. The van der Waals surface area contributed by atoms with Crippen LogP contribution in [0.15, 0.2) is 18.2 Å². The molecule has 0 heterocycles. The fraction of sp³-hybridized carbons (Fsp3) is 0.375. The van der Waals surface area contributed by atoms with E-state index in [1.54, 1.807) is 6.07 Å². The van der Waals surface area contributed by atoms with E-state index >= 15 is 0 Å². The molecule has 100 valence electrons. The average Bonchev–Trinajstić information content (AvgIpc) is 2.43. The van der Waals surface area contributed by atoms with E-state index in [2.05, 4.69) is 6.92 Å². The fourth-order valence-electron chi connectivity index (χ4n) is 2.98. The second-order valence-corrected chi connectivity index (χ2v) is 5.35. The van der Waals surface area contributed by atoms with Crippen LogP contribution in [0.4, 0.5) is 13.2 Å². The van der Waals surface area contributed by atoms with Gasteiger partial charge in [0.25, 0.3) is 0 Å². The standard InChI is InChI=1S/C16H15F3/c1-2-9-3-4-10-7-13-12(6-11(10)5-9)8-14(17)16(19)15(13)18/h6-9H,2-5H2,1H3. The number of halogens is 3. The van der Waals surface area contributed by atoms with Gasteiger partial charge in [0.05, 0.1) is 0 Å². The van der Waals surface area contributed by atoms with Gasteiger partial charge >= 0.3 is 0 Å². The van der Waals surface area contributed by atoms with E-state index in [1.165, 1.54) is 0 Å². The van der Waals surface area contributed by atoms with Crippen molar-refractivity contribution in [3.63, 3.8) is 0 Å². The molecule has 0 saturated carbocycles. The van der Waals surface area contributed by atoms with Gasteiger partial charge in [0.2, 0.25) is 0 Å². The van der Waals surface area contributed by atoms with Crippen molar-refractivity contribution in [2.24, 2.45) is 5.92 Å². The van der Waals surface area contributed by atoms with Crippen molar-refractivity contribution in [3.8, 4) is 0 Å². The van der Waals surface area contributed by atoms with Crippen molar-refractivity contribution in [2.75, 3.05) is 0 Å². The Morgan fingerprint density at radius 1 is 1.05 bits per heavy atom. The molecule has 0 fully saturated rings. The number of fused-ring (bicyclic) bond motifs is 2. The predicted molar refractivity (Wildman–Crippen MR) is 69.6 cm³/mol. The molecule has 0 spiro atoms. The van der Waals surface area contributed by atoms with Gasteiger partial charge in [-0.25, -0.2) is 13.2 Å². The van der Waals surface area contributed by atoms with Gasteiger partial charge in [0.1, 0.15) is 0 Å². The van der Waals surface area contributed by atoms with Crippen LogP contribution in [0.3, 0.4) is 0 Å². The van der Waals surface area contributed by atoms with E-state index < -0.39 is 17.5 Å².